The van der Waals surface area contributed by atoms with Crippen LogP contribution in [0.1, 0.15) is 61.3 Å². The quantitative estimate of drug-likeness (QED) is 0.186. The second-order valence-electron chi connectivity index (χ2n) is 13.5. The largest absolute Gasteiger partial charge is 0.414 e. The van der Waals surface area contributed by atoms with Crippen molar-refractivity contribution in [3.63, 3.8) is 0 Å². The molecular formula is C32H50O4Si2. The zero-order valence-electron chi connectivity index (χ0n) is 25.1. The van der Waals surface area contributed by atoms with Gasteiger partial charge in [-0.05, 0) is 46.9 Å². The molecule has 1 aliphatic rings. The summed E-state index contributed by atoms with van der Waals surface area (Å²) in [6.07, 6.45) is 5.43. The van der Waals surface area contributed by atoms with Gasteiger partial charge in [-0.2, -0.15) is 0 Å². The maximum Gasteiger partial charge on any atom is 0.261 e. The first kappa shape index (κ1) is 31.0. The van der Waals surface area contributed by atoms with E-state index in [-0.39, 0.29) is 34.5 Å². The summed E-state index contributed by atoms with van der Waals surface area (Å²) in [4.78, 5) is 0. The molecule has 1 fully saturated rings. The highest BCUT2D eigenvalue weighted by atomic mass is 28.4. The topological polar surface area (TPSA) is 51.2 Å². The molecular weight excluding hydrogens is 505 g/mol. The lowest BCUT2D eigenvalue weighted by atomic mass is 9.98. The Balaban J connectivity index is 1.89. The van der Waals surface area contributed by atoms with Crippen LogP contribution in [-0.2, 0) is 13.6 Å². The number of aliphatic hydroxyl groups excluding tert-OH is 1. The fraction of sp³-hybridized carbons (Fsp3) is 0.562. The van der Waals surface area contributed by atoms with Gasteiger partial charge in [0.2, 0.25) is 0 Å². The SMILES string of the molecule is CC(C)(C)[Si](C)(C)O[C@H](CCO[Si](c1ccccc1)(c1ccccc1)C(C)(C)C)C[C@@]1(C)O[C@@H]1/C=C/CO. The summed E-state index contributed by atoms with van der Waals surface area (Å²) in [5, 5.41) is 11.9. The Morgan fingerprint density at radius 2 is 1.45 bits per heavy atom. The molecule has 0 aromatic heterocycles. The van der Waals surface area contributed by atoms with E-state index < -0.39 is 16.6 Å². The van der Waals surface area contributed by atoms with Gasteiger partial charge in [0, 0.05) is 13.0 Å². The summed E-state index contributed by atoms with van der Waals surface area (Å²) in [7, 11) is -4.61. The van der Waals surface area contributed by atoms with E-state index in [1.807, 2.05) is 6.08 Å². The van der Waals surface area contributed by atoms with E-state index in [0.717, 1.165) is 12.8 Å². The number of rotatable bonds is 12. The Hall–Kier alpha value is -1.55. The first-order chi connectivity index (χ1) is 17.7. The fourth-order valence-electron chi connectivity index (χ4n) is 5.20. The molecule has 2 aromatic rings. The molecule has 0 saturated carbocycles. The van der Waals surface area contributed by atoms with Gasteiger partial charge in [0.1, 0.15) is 6.10 Å². The van der Waals surface area contributed by atoms with Crippen LogP contribution in [-0.4, -0.2) is 52.8 Å². The molecule has 0 aliphatic carbocycles. The lowest BCUT2D eigenvalue weighted by Crippen LogP contribution is -2.66. The predicted octanol–water partition coefficient (Wildman–Crippen LogP) is 6.44. The summed E-state index contributed by atoms with van der Waals surface area (Å²) < 4.78 is 20.3. The summed E-state index contributed by atoms with van der Waals surface area (Å²) >= 11 is 0. The molecule has 1 N–H and O–H groups in total. The monoisotopic (exact) mass is 554 g/mol. The Bertz CT molecular complexity index is 1000. The molecule has 3 atom stereocenters. The molecule has 0 radical (unpaired) electrons. The average molecular weight is 555 g/mol. The zero-order valence-corrected chi connectivity index (χ0v) is 27.1. The summed E-state index contributed by atoms with van der Waals surface area (Å²) in [5.74, 6) is 0. The minimum atomic E-state index is -2.60. The van der Waals surface area contributed by atoms with Crippen LogP contribution in [0.2, 0.25) is 23.2 Å². The van der Waals surface area contributed by atoms with E-state index in [1.54, 1.807) is 6.08 Å². The number of hydrogen-bond donors (Lipinski definition) is 1. The van der Waals surface area contributed by atoms with Crippen molar-refractivity contribution in [3.8, 4) is 0 Å². The predicted molar refractivity (Wildman–Crippen MR) is 164 cm³/mol. The van der Waals surface area contributed by atoms with Crippen LogP contribution in [0, 0.1) is 0 Å². The van der Waals surface area contributed by atoms with Crippen molar-refractivity contribution >= 4 is 27.0 Å². The van der Waals surface area contributed by atoms with Crippen molar-refractivity contribution in [2.24, 2.45) is 0 Å². The third-order valence-electron chi connectivity index (χ3n) is 8.43. The summed E-state index contributed by atoms with van der Waals surface area (Å²) in [6, 6.07) is 21.6. The van der Waals surface area contributed by atoms with E-state index in [1.165, 1.54) is 10.4 Å². The number of ether oxygens (including phenoxy) is 1. The molecule has 6 heteroatoms. The van der Waals surface area contributed by atoms with Crippen molar-refractivity contribution in [2.45, 2.75) is 102 Å². The van der Waals surface area contributed by atoms with Crippen LogP contribution in [0.15, 0.2) is 72.8 Å². The maximum absolute atomic E-state index is 9.21. The van der Waals surface area contributed by atoms with Crippen LogP contribution in [0.5, 0.6) is 0 Å². The molecule has 38 heavy (non-hydrogen) atoms. The third kappa shape index (κ3) is 6.96. The smallest absolute Gasteiger partial charge is 0.261 e. The van der Waals surface area contributed by atoms with Gasteiger partial charge in [0.05, 0.1) is 18.3 Å². The van der Waals surface area contributed by atoms with E-state index in [9.17, 15) is 5.11 Å². The molecule has 4 nitrogen and oxygen atoms in total. The van der Waals surface area contributed by atoms with Crippen molar-refractivity contribution in [1.29, 1.82) is 0 Å². The van der Waals surface area contributed by atoms with E-state index >= 15 is 0 Å². The minimum Gasteiger partial charge on any atom is -0.414 e. The van der Waals surface area contributed by atoms with Crippen molar-refractivity contribution < 1.29 is 18.7 Å². The second kappa shape index (κ2) is 11.9. The van der Waals surface area contributed by atoms with Crippen molar-refractivity contribution in [3.05, 3.63) is 72.8 Å². The first-order valence-electron chi connectivity index (χ1n) is 14.0. The lowest BCUT2D eigenvalue weighted by Gasteiger charge is -2.44. The van der Waals surface area contributed by atoms with Crippen LogP contribution >= 0.6 is 0 Å². The highest BCUT2D eigenvalue weighted by Gasteiger charge is 2.53. The lowest BCUT2D eigenvalue weighted by molar-refractivity contribution is 0.110. The summed E-state index contributed by atoms with van der Waals surface area (Å²) in [6.45, 7) is 21.3. The van der Waals surface area contributed by atoms with Gasteiger partial charge in [-0.15, -0.1) is 0 Å². The van der Waals surface area contributed by atoms with Crippen LogP contribution in [0.25, 0.3) is 0 Å². The molecule has 3 rings (SSSR count). The van der Waals surface area contributed by atoms with E-state index in [2.05, 4.69) is 122 Å². The molecule has 0 bridgehead atoms. The number of hydrogen-bond acceptors (Lipinski definition) is 4. The molecule has 1 heterocycles. The number of aliphatic hydroxyl groups is 1. The van der Waals surface area contributed by atoms with Gasteiger partial charge in [-0.1, -0.05) is 114 Å². The van der Waals surface area contributed by atoms with Crippen LogP contribution < -0.4 is 10.4 Å². The molecule has 1 aliphatic heterocycles. The van der Waals surface area contributed by atoms with Crippen LogP contribution in [0.4, 0.5) is 0 Å². The molecule has 0 amide bonds. The molecule has 2 aromatic carbocycles. The van der Waals surface area contributed by atoms with Gasteiger partial charge < -0.3 is 18.7 Å². The average Bonchev–Trinajstić information content (AvgIpc) is 3.48. The van der Waals surface area contributed by atoms with Crippen molar-refractivity contribution in [1.82, 2.24) is 0 Å². The molecule has 1 saturated heterocycles. The summed E-state index contributed by atoms with van der Waals surface area (Å²) in [5.41, 5.74) is -0.268. The maximum atomic E-state index is 9.21. The molecule has 210 valence electrons. The number of benzene rings is 2. The third-order valence-corrected chi connectivity index (χ3v) is 18.0. The zero-order chi connectivity index (χ0) is 28.2. The minimum absolute atomic E-state index is 0.0257. The Morgan fingerprint density at radius 3 is 1.89 bits per heavy atom. The molecule has 0 unspecified atom stereocenters. The van der Waals surface area contributed by atoms with E-state index in [4.69, 9.17) is 13.6 Å². The normalized spacial score (nSPS) is 21.6. The first-order valence-corrected chi connectivity index (χ1v) is 18.9. The second-order valence-corrected chi connectivity index (χ2v) is 22.5. The van der Waals surface area contributed by atoms with Gasteiger partial charge >= 0.3 is 0 Å². The van der Waals surface area contributed by atoms with Gasteiger partial charge in [0.15, 0.2) is 8.32 Å². The van der Waals surface area contributed by atoms with Crippen molar-refractivity contribution in [2.75, 3.05) is 13.2 Å². The van der Waals surface area contributed by atoms with E-state index in [0.29, 0.717) is 6.61 Å². The van der Waals surface area contributed by atoms with Crippen LogP contribution in [0.3, 0.4) is 0 Å². The Morgan fingerprint density at radius 1 is 0.921 bits per heavy atom. The van der Waals surface area contributed by atoms with Gasteiger partial charge in [-0.3, -0.25) is 0 Å². The Labute approximate surface area is 233 Å². The highest BCUT2D eigenvalue weighted by Crippen LogP contribution is 2.45. The van der Waals surface area contributed by atoms with Gasteiger partial charge in [-0.25, -0.2) is 0 Å². The standard InChI is InChI=1S/C32H50O4Si2/c1-30(2,3)37(8,9)36-26(25-32(7)29(35-32)21-16-23-33)22-24-34-38(31(4,5)6,27-17-12-10-13-18-27)28-19-14-11-15-20-28/h10-21,26,29,33H,22-25H2,1-9H3/b21-16+/t26-,29-,32-/m1/s1. The Kier molecular flexibility index (Phi) is 9.71. The number of epoxide rings is 1. The highest BCUT2D eigenvalue weighted by molar-refractivity contribution is 6.99. The molecule has 0 spiro atoms. The van der Waals surface area contributed by atoms with Gasteiger partial charge in [0.25, 0.3) is 8.32 Å². The fourth-order valence-corrected chi connectivity index (χ4v) is 11.2.